The molecule has 1 aromatic heterocycles. The highest BCUT2D eigenvalue weighted by Gasteiger charge is 2.35. The zero-order chi connectivity index (χ0) is 32.3. The fourth-order valence-electron chi connectivity index (χ4n) is 6.50. The van der Waals surface area contributed by atoms with Gasteiger partial charge in [-0.25, -0.2) is 4.39 Å². The Hall–Kier alpha value is -4.79. The summed E-state index contributed by atoms with van der Waals surface area (Å²) in [5.41, 5.74) is 1.87. The zero-order valence-corrected chi connectivity index (χ0v) is 26.1. The lowest BCUT2D eigenvalue weighted by Crippen LogP contribution is -2.43. The summed E-state index contributed by atoms with van der Waals surface area (Å²) in [6.45, 7) is 3.35. The molecule has 8 heteroatoms. The van der Waals surface area contributed by atoms with Crippen molar-refractivity contribution in [3.63, 3.8) is 0 Å². The van der Waals surface area contributed by atoms with Crippen LogP contribution in [0.2, 0.25) is 0 Å². The van der Waals surface area contributed by atoms with Crippen molar-refractivity contribution in [3.8, 4) is 11.4 Å². The maximum absolute atomic E-state index is 14.4. The summed E-state index contributed by atoms with van der Waals surface area (Å²) < 4.78 is 21.0. The molecule has 0 unspecified atom stereocenters. The van der Waals surface area contributed by atoms with Crippen molar-refractivity contribution in [2.24, 2.45) is 0 Å². The maximum Gasteiger partial charge on any atom is 0.263 e. The van der Waals surface area contributed by atoms with Gasteiger partial charge >= 0.3 is 0 Å². The van der Waals surface area contributed by atoms with E-state index in [2.05, 4.69) is 10.2 Å². The van der Waals surface area contributed by atoms with Crippen molar-refractivity contribution >= 4 is 16.7 Å². The van der Waals surface area contributed by atoms with Crippen LogP contribution in [0, 0.1) is 5.82 Å². The van der Waals surface area contributed by atoms with Gasteiger partial charge in [-0.3, -0.25) is 19.1 Å². The molecule has 0 saturated carbocycles. The smallest absolute Gasteiger partial charge is 0.263 e. The summed E-state index contributed by atoms with van der Waals surface area (Å²) in [6, 6.07) is 30.0. The summed E-state index contributed by atoms with van der Waals surface area (Å²) in [5, 5.41) is 15.8. The van der Waals surface area contributed by atoms with Crippen LogP contribution < -0.4 is 15.6 Å². The predicted octanol–water partition coefficient (Wildman–Crippen LogP) is 6.50. The minimum Gasteiger partial charge on any atom is -0.497 e. The third-order valence-electron chi connectivity index (χ3n) is 9.08. The molecule has 0 aliphatic carbocycles. The molecule has 5 aromatic rings. The van der Waals surface area contributed by atoms with Crippen molar-refractivity contribution < 1.29 is 19.0 Å². The Balaban J connectivity index is 1.43. The number of fused-ring (bicyclic) bond motifs is 1. The third kappa shape index (κ3) is 6.18. The number of piperidine rings is 1. The van der Waals surface area contributed by atoms with Gasteiger partial charge < -0.3 is 15.2 Å². The molecule has 4 aromatic carbocycles. The first-order valence-electron chi connectivity index (χ1n) is 15.7. The number of amides is 1. The van der Waals surface area contributed by atoms with Gasteiger partial charge in [0.05, 0.1) is 30.0 Å². The first-order valence-corrected chi connectivity index (χ1v) is 15.7. The fourth-order valence-corrected chi connectivity index (χ4v) is 6.50. The van der Waals surface area contributed by atoms with Crippen LogP contribution in [0.15, 0.2) is 108 Å². The second-order valence-electron chi connectivity index (χ2n) is 11.9. The van der Waals surface area contributed by atoms with Gasteiger partial charge in [0, 0.05) is 36.1 Å². The van der Waals surface area contributed by atoms with E-state index in [1.807, 2.05) is 73.7 Å². The molecule has 0 radical (unpaired) electrons. The molecular formula is C38H38FN3O4. The number of aliphatic hydroxyl groups is 1. The Labute approximate surface area is 267 Å². The first-order chi connectivity index (χ1) is 22.3. The van der Waals surface area contributed by atoms with E-state index >= 15 is 0 Å². The lowest BCUT2D eigenvalue weighted by atomic mass is 9.84. The quantitative estimate of drug-likeness (QED) is 0.197. The fraction of sp³-hybridized carbons (Fsp3) is 0.263. The zero-order valence-electron chi connectivity index (χ0n) is 26.1. The van der Waals surface area contributed by atoms with E-state index < -0.39 is 11.4 Å². The highest BCUT2D eigenvalue weighted by atomic mass is 19.1. The van der Waals surface area contributed by atoms with E-state index in [0.29, 0.717) is 65.8 Å². The van der Waals surface area contributed by atoms with Crippen molar-refractivity contribution in [1.82, 2.24) is 14.8 Å². The number of halogens is 1. The topological polar surface area (TPSA) is 83.8 Å². The molecule has 1 amide bonds. The summed E-state index contributed by atoms with van der Waals surface area (Å²) in [4.78, 5) is 30.7. The van der Waals surface area contributed by atoms with Crippen LogP contribution in [-0.4, -0.2) is 40.7 Å². The molecular weight excluding hydrogens is 581 g/mol. The van der Waals surface area contributed by atoms with Gasteiger partial charge in [-0.05, 0) is 72.9 Å². The highest BCUT2D eigenvalue weighted by molar-refractivity contribution is 6.08. The van der Waals surface area contributed by atoms with Crippen LogP contribution in [0.3, 0.4) is 0 Å². The van der Waals surface area contributed by atoms with Crippen LogP contribution in [0.4, 0.5) is 4.39 Å². The van der Waals surface area contributed by atoms with Gasteiger partial charge in [-0.15, -0.1) is 0 Å². The average Bonchev–Trinajstić information content (AvgIpc) is 3.09. The van der Waals surface area contributed by atoms with E-state index in [4.69, 9.17) is 4.74 Å². The second kappa shape index (κ2) is 13.3. The van der Waals surface area contributed by atoms with E-state index in [-0.39, 0.29) is 24.1 Å². The lowest BCUT2D eigenvalue weighted by Gasteiger charge is -2.39. The Kier molecular flexibility index (Phi) is 9.01. The maximum atomic E-state index is 14.4. The van der Waals surface area contributed by atoms with E-state index in [1.165, 1.54) is 12.1 Å². The molecule has 2 N–H and O–H groups in total. The van der Waals surface area contributed by atoms with Gasteiger partial charge in [0.15, 0.2) is 0 Å². The number of hydrogen-bond donors (Lipinski definition) is 2. The predicted molar refractivity (Wildman–Crippen MR) is 178 cm³/mol. The number of carbonyl (C=O) groups excluding carboxylic acids is 1. The number of benzene rings is 4. The number of ether oxygens (including phenoxy) is 1. The highest BCUT2D eigenvalue weighted by Crippen LogP contribution is 2.35. The number of aromatic nitrogens is 1. The van der Waals surface area contributed by atoms with Crippen molar-refractivity contribution in [3.05, 3.63) is 142 Å². The van der Waals surface area contributed by atoms with Crippen LogP contribution in [0.5, 0.6) is 5.75 Å². The molecule has 1 fully saturated rings. The van der Waals surface area contributed by atoms with Crippen LogP contribution in [-0.2, 0) is 12.1 Å². The number of methoxy groups -OCH3 is 1. The van der Waals surface area contributed by atoms with Crippen molar-refractivity contribution in [2.45, 2.75) is 44.4 Å². The molecule has 1 aliphatic rings. The molecule has 2 heterocycles. The molecule has 7 nitrogen and oxygen atoms in total. The van der Waals surface area contributed by atoms with E-state index in [0.717, 1.165) is 11.1 Å². The second-order valence-corrected chi connectivity index (χ2v) is 11.9. The number of nitrogens with one attached hydrogen (secondary N) is 1. The Morgan fingerprint density at radius 1 is 0.935 bits per heavy atom. The minimum atomic E-state index is -1.03. The summed E-state index contributed by atoms with van der Waals surface area (Å²) in [6.07, 6.45) is 1.60. The molecule has 46 heavy (non-hydrogen) atoms. The van der Waals surface area contributed by atoms with Gasteiger partial charge in [0.2, 0.25) is 0 Å². The monoisotopic (exact) mass is 619 g/mol. The SMILES string of the molecule is CC[C@H](NC(=O)c1c(CN2CCC(O)(c3cccc(OC)c3)CC2)n(-c2ccc(F)cc2)c(=O)c2ccccc12)c1ccccc1. The summed E-state index contributed by atoms with van der Waals surface area (Å²) in [5.74, 6) is -0.0226. The number of likely N-dealkylation sites (tertiary alicyclic amines) is 1. The standard InChI is InChI=1S/C38H38FN3O4/c1-3-33(26-10-5-4-6-11-26)40-36(43)35-31-14-7-8-15-32(31)37(44)42(29-18-16-28(39)17-19-29)34(35)25-41-22-20-38(45,21-23-41)27-12-9-13-30(24-27)46-2/h4-19,24,33,45H,3,20-23,25H2,1-2H3,(H,40,43)/t33-/m0/s1. The van der Waals surface area contributed by atoms with Gasteiger partial charge in [0.1, 0.15) is 11.6 Å². The first kappa shape index (κ1) is 31.2. The van der Waals surface area contributed by atoms with Crippen LogP contribution in [0.25, 0.3) is 16.5 Å². The molecule has 1 aliphatic heterocycles. The summed E-state index contributed by atoms with van der Waals surface area (Å²) >= 11 is 0. The van der Waals surface area contributed by atoms with Crippen molar-refractivity contribution in [2.75, 3.05) is 20.2 Å². The molecule has 6 rings (SSSR count). The lowest BCUT2D eigenvalue weighted by molar-refractivity contribution is -0.0282. The van der Waals surface area contributed by atoms with Gasteiger partial charge in [-0.1, -0.05) is 67.6 Å². The average molecular weight is 620 g/mol. The number of hydrogen-bond acceptors (Lipinski definition) is 5. The minimum absolute atomic E-state index is 0.237. The molecule has 1 saturated heterocycles. The molecule has 0 spiro atoms. The van der Waals surface area contributed by atoms with Crippen LogP contribution >= 0.6 is 0 Å². The van der Waals surface area contributed by atoms with Gasteiger partial charge in [0.25, 0.3) is 11.5 Å². The number of pyridine rings is 1. The van der Waals surface area contributed by atoms with Crippen molar-refractivity contribution in [1.29, 1.82) is 0 Å². The number of nitrogens with zero attached hydrogens (tertiary/aromatic N) is 2. The normalized spacial score (nSPS) is 15.4. The van der Waals surface area contributed by atoms with Crippen LogP contribution in [0.1, 0.15) is 59.4 Å². The number of rotatable bonds is 9. The van der Waals surface area contributed by atoms with E-state index in [9.17, 15) is 19.1 Å². The number of carbonyl (C=O) groups is 1. The van der Waals surface area contributed by atoms with E-state index in [1.54, 1.807) is 35.9 Å². The third-order valence-corrected chi connectivity index (χ3v) is 9.08. The van der Waals surface area contributed by atoms with Gasteiger partial charge in [-0.2, -0.15) is 0 Å². The molecule has 236 valence electrons. The Morgan fingerprint density at radius 3 is 2.28 bits per heavy atom. The summed E-state index contributed by atoms with van der Waals surface area (Å²) in [7, 11) is 1.60. The largest absolute Gasteiger partial charge is 0.497 e. The molecule has 1 atom stereocenters. The molecule has 0 bridgehead atoms. The Bertz CT molecular complexity index is 1900. The Morgan fingerprint density at radius 2 is 1.61 bits per heavy atom.